The molecule has 0 aliphatic carbocycles. The van der Waals surface area contributed by atoms with E-state index in [1.165, 1.54) is 11.1 Å². The maximum atomic E-state index is 6.26. The van der Waals surface area contributed by atoms with E-state index in [0.29, 0.717) is 0 Å². The fraction of sp³-hybridized carbons (Fsp3) is 0. The lowest BCUT2D eigenvalue weighted by atomic mass is 9.97. The van der Waals surface area contributed by atoms with E-state index in [9.17, 15) is 0 Å². The third kappa shape index (κ3) is 4.12. The van der Waals surface area contributed by atoms with Crippen LogP contribution in [0.2, 0.25) is 0 Å². The van der Waals surface area contributed by atoms with E-state index in [4.69, 9.17) is 5.73 Å². The second-order valence-electron chi connectivity index (χ2n) is 7.78. The summed E-state index contributed by atoms with van der Waals surface area (Å²) in [5.41, 5.74) is 16.1. The lowest BCUT2D eigenvalue weighted by Crippen LogP contribution is -1.94. The molecular formula is C30H24N2. The zero-order valence-electron chi connectivity index (χ0n) is 17.7. The lowest BCUT2D eigenvalue weighted by Gasteiger charge is -2.13. The van der Waals surface area contributed by atoms with E-state index in [0.717, 1.165) is 39.3 Å². The molecule has 5 aromatic carbocycles. The van der Waals surface area contributed by atoms with Gasteiger partial charge in [-0.15, -0.1) is 0 Å². The standard InChI is InChI=1S/C30H24N2/c31-29-20-17-25(21-28(29)24-11-5-2-6-12-24)22-15-18-26(19-16-22)32-30-14-8-7-13-27(30)23-9-3-1-4-10-23/h1-21,32H,31H2. The van der Waals surface area contributed by atoms with Crippen LogP contribution >= 0.6 is 0 Å². The van der Waals surface area contributed by atoms with Crippen molar-refractivity contribution in [3.63, 3.8) is 0 Å². The van der Waals surface area contributed by atoms with Crippen molar-refractivity contribution in [1.29, 1.82) is 0 Å². The molecule has 0 aliphatic rings. The van der Waals surface area contributed by atoms with Gasteiger partial charge in [0, 0.05) is 28.2 Å². The zero-order chi connectivity index (χ0) is 21.8. The van der Waals surface area contributed by atoms with Crippen LogP contribution in [0.5, 0.6) is 0 Å². The van der Waals surface area contributed by atoms with Gasteiger partial charge in [-0.05, 0) is 52.6 Å². The summed E-state index contributed by atoms with van der Waals surface area (Å²) in [6.45, 7) is 0. The van der Waals surface area contributed by atoms with Crippen molar-refractivity contribution in [3.8, 4) is 33.4 Å². The van der Waals surface area contributed by atoms with Gasteiger partial charge in [0.1, 0.15) is 0 Å². The van der Waals surface area contributed by atoms with Gasteiger partial charge < -0.3 is 11.1 Å². The molecule has 2 nitrogen and oxygen atoms in total. The molecule has 0 saturated heterocycles. The van der Waals surface area contributed by atoms with E-state index >= 15 is 0 Å². The number of benzene rings is 5. The molecule has 0 bridgehead atoms. The number of rotatable bonds is 5. The summed E-state index contributed by atoms with van der Waals surface area (Å²) in [5.74, 6) is 0. The number of hydrogen-bond donors (Lipinski definition) is 2. The van der Waals surface area contributed by atoms with Crippen LogP contribution in [0, 0.1) is 0 Å². The SMILES string of the molecule is Nc1ccc(-c2ccc(Nc3ccccc3-c3ccccc3)cc2)cc1-c1ccccc1. The molecule has 3 N–H and O–H groups in total. The summed E-state index contributed by atoms with van der Waals surface area (Å²) in [6.07, 6.45) is 0. The maximum Gasteiger partial charge on any atom is 0.0463 e. The third-order valence-corrected chi connectivity index (χ3v) is 5.65. The molecule has 5 aromatic rings. The van der Waals surface area contributed by atoms with Gasteiger partial charge in [-0.1, -0.05) is 97.1 Å². The highest BCUT2D eigenvalue weighted by Gasteiger charge is 2.07. The Morgan fingerprint density at radius 3 is 1.69 bits per heavy atom. The minimum Gasteiger partial charge on any atom is -0.398 e. The average Bonchev–Trinajstić information content (AvgIpc) is 2.86. The van der Waals surface area contributed by atoms with Crippen LogP contribution < -0.4 is 11.1 Å². The Balaban J connectivity index is 1.42. The van der Waals surface area contributed by atoms with E-state index in [2.05, 4.69) is 102 Å². The summed E-state index contributed by atoms with van der Waals surface area (Å²) in [4.78, 5) is 0. The Morgan fingerprint density at radius 2 is 1.00 bits per heavy atom. The van der Waals surface area contributed by atoms with Crippen LogP contribution in [0.1, 0.15) is 0 Å². The molecule has 5 rings (SSSR count). The van der Waals surface area contributed by atoms with Gasteiger partial charge in [-0.2, -0.15) is 0 Å². The monoisotopic (exact) mass is 412 g/mol. The van der Waals surface area contributed by atoms with E-state index in [-0.39, 0.29) is 0 Å². The molecule has 0 atom stereocenters. The highest BCUT2D eigenvalue weighted by atomic mass is 14.9. The molecule has 2 heteroatoms. The second-order valence-corrected chi connectivity index (χ2v) is 7.78. The Morgan fingerprint density at radius 1 is 0.438 bits per heavy atom. The molecule has 0 heterocycles. The molecule has 32 heavy (non-hydrogen) atoms. The predicted octanol–water partition coefficient (Wildman–Crippen LogP) is 8.01. The maximum absolute atomic E-state index is 6.26. The molecule has 0 radical (unpaired) electrons. The minimum absolute atomic E-state index is 0.788. The third-order valence-electron chi connectivity index (χ3n) is 5.65. The highest BCUT2D eigenvalue weighted by Crippen LogP contribution is 2.33. The van der Waals surface area contributed by atoms with Crippen LogP contribution in [0.4, 0.5) is 17.1 Å². The first kappa shape index (κ1) is 19.7. The molecule has 0 aromatic heterocycles. The normalized spacial score (nSPS) is 10.6. The fourth-order valence-electron chi connectivity index (χ4n) is 3.97. The van der Waals surface area contributed by atoms with Gasteiger partial charge in [0.25, 0.3) is 0 Å². The Kier molecular flexibility index (Phi) is 5.42. The number of hydrogen-bond acceptors (Lipinski definition) is 2. The summed E-state index contributed by atoms with van der Waals surface area (Å²) in [5, 5.41) is 3.58. The number of nitrogens with two attached hydrogens (primary N) is 1. The first-order chi connectivity index (χ1) is 15.8. The van der Waals surface area contributed by atoms with Crippen molar-refractivity contribution >= 4 is 17.1 Å². The Hall–Kier alpha value is -4.30. The van der Waals surface area contributed by atoms with Crippen LogP contribution in [0.3, 0.4) is 0 Å². The smallest absolute Gasteiger partial charge is 0.0463 e. The van der Waals surface area contributed by atoms with Crippen LogP contribution in [0.15, 0.2) is 127 Å². The number of para-hydroxylation sites is 1. The molecule has 0 fully saturated rings. The molecule has 0 amide bonds. The molecular weight excluding hydrogens is 388 g/mol. The van der Waals surface area contributed by atoms with E-state index in [1.807, 2.05) is 30.3 Å². The quantitative estimate of drug-likeness (QED) is 0.287. The van der Waals surface area contributed by atoms with Crippen molar-refractivity contribution in [2.75, 3.05) is 11.1 Å². The number of anilines is 3. The van der Waals surface area contributed by atoms with E-state index < -0.39 is 0 Å². The summed E-state index contributed by atoms with van der Waals surface area (Å²) >= 11 is 0. The van der Waals surface area contributed by atoms with Gasteiger partial charge in [-0.3, -0.25) is 0 Å². The minimum atomic E-state index is 0.788. The van der Waals surface area contributed by atoms with Gasteiger partial charge >= 0.3 is 0 Å². The van der Waals surface area contributed by atoms with Gasteiger partial charge in [0.05, 0.1) is 0 Å². The van der Waals surface area contributed by atoms with Crippen LogP contribution in [-0.4, -0.2) is 0 Å². The van der Waals surface area contributed by atoms with Crippen molar-refractivity contribution in [1.82, 2.24) is 0 Å². The highest BCUT2D eigenvalue weighted by molar-refractivity contribution is 5.83. The Bertz CT molecular complexity index is 1320. The summed E-state index contributed by atoms with van der Waals surface area (Å²) in [7, 11) is 0. The topological polar surface area (TPSA) is 38.0 Å². The largest absolute Gasteiger partial charge is 0.398 e. The molecule has 0 unspecified atom stereocenters. The van der Waals surface area contributed by atoms with Gasteiger partial charge in [0.2, 0.25) is 0 Å². The first-order valence-electron chi connectivity index (χ1n) is 10.7. The van der Waals surface area contributed by atoms with Crippen LogP contribution in [-0.2, 0) is 0 Å². The summed E-state index contributed by atoms with van der Waals surface area (Å²) in [6, 6.07) is 43.9. The van der Waals surface area contributed by atoms with Crippen molar-refractivity contribution in [3.05, 3.63) is 127 Å². The van der Waals surface area contributed by atoms with Gasteiger partial charge in [-0.25, -0.2) is 0 Å². The van der Waals surface area contributed by atoms with E-state index in [1.54, 1.807) is 0 Å². The molecule has 0 saturated carbocycles. The van der Waals surface area contributed by atoms with Crippen molar-refractivity contribution < 1.29 is 0 Å². The average molecular weight is 413 g/mol. The first-order valence-corrected chi connectivity index (χ1v) is 10.7. The predicted molar refractivity (Wildman–Crippen MR) is 137 cm³/mol. The number of nitrogen functional groups attached to an aromatic ring is 1. The van der Waals surface area contributed by atoms with Crippen molar-refractivity contribution in [2.24, 2.45) is 0 Å². The fourth-order valence-corrected chi connectivity index (χ4v) is 3.97. The second kappa shape index (κ2) is 8.83. The molecule has 0 spiro atoms. The van der Waals surface area contributed by atoms with Crippen LogP contribution in [0.25, 0.3) is 33.4 Å². The van der Waals surface area contributed by atoms with Crippen molar-refractivity contribution in [2.45, 2.75) is 0 Å². The van der Waals surface area contributed by atoms with Gasteiger partial charge in [0.15, 0.2) is 0 Å². The Labute approximate surface area is 189 Å². The zero-order valence-corrected chi connectivity index (χ0v) is 17.7. The lowest BCUT2D eigenvalue weighted by molar-refractivity contribution is 1.52. The number of nitrogens with one attached hydrogen (secondary N) is 1. The summed E-state index contributed by atoms with van der Waals surface area (Å²) < 4.78 is 0. The molecule has 154 valence electrons. The molecule has 0 aliphatic heterocycles.